The first-order valence-electron chi connectivity index (χ1n) is 7.24. The molecule has 112 valence electrons. The van der Waals surface area contributed by atoms with Gasteiger partial charge in [-0.3, -0.25) is 9.59 Å². The molecule has 1 aromatic carbocycles. The van der Waals surface area contributed by atoms with E-state index >= 15 is 0 Å². The molecule has 0 saturated heterocycles. The number of carbonyl (C=O) groups is 2. The summed E-state index contributed by atoms with van der Waals surface area (Å²) in [4.78, 5) is 27.4. The number of imidazole rings is 1. The Kier molecular flexibility index (Phi) is 2.63. The first-order chi connectivity index (χ1) is 10.6. The normalized spacial score (nSPS) is 28.4. The summed E-state index contributed by atoms with van der Waals surface area (Å²) in [5.41, 5.74) is 0.726. The summed E-state index contributed by atoms with van der Waals surface area (Å²) in [6.45, 7) is 0. The van der Waals surface area contributed by atoms with Crippen molar-refractivity contribution in [3.8, 4) is 5.69 Å². The lowest BCUT2D eigenvalue weighted by molar-refractivity contribution is -0.147. The number of amides is 1. The van der Waals surface area contributed by atoms with Crippen molar-refractivity contribution >= 4 is 11.9 Å². The monoisotopic (exact) mass is 297 g/mol. The van der Waals surface area contributed by atoms with Crippen LogP contribution in [0.2, 0.25) is 0 Å². The zero-order valence-electron chi connectivity index (χ0n) is 11.8. The van der Waals surface area contributed by atoms with Crippen LogP contribution in [0.15, 0.2) is 42.9 Å². The summed E-state index contributed by atoms with van der Waals surface area (Å²) in [6, 6.07) is 9.59. The molecule has 2 aliphatic carbocycles. The van der Waals surface area contributed by atoms with Gasteiger partial charge in [-0.15, -0.1) is 0 Å². The highest BCUT2D eigenvalue weighted by molar-refractivity contribution is 5.93. The molecule has 0 spiro atoms. The Labute approximate surface area is 126 Å². The van der Waals surface area contributed by atoms with Crippen LogP contribution in [-0.4, -0.2) is 32.6 Å². The fourth-order valence-electron chi connectivity index (χ4n) is 3.38. The zero-order chi connectivity index (χ0) is 15.3. The molecule has 2 N–H and O–H groups in total. The lowest BCUT2D eigenvalue weighted by Gasteiger charge is -2.31. The maximum Gasteiger partial charge on any atom is 0.310 e. The number of benzene rings is 1. The molecule has 0 unspecified atom stereocenters. The number of carbonyl (C=O) groups excluding carboxylic acids is 1. The van der Waals surface area contributed by atoms with Gasteiger partial charge in [-0.2, -0.15) is 0 Å². The van der Waals surface area contributed by atoms with Crippen molar-refractivity contribution in [2.24, 2.45) is 11.3 Å². The lowest BCUT2D eigenvalue weighted by Crippen LogP contribution is -2.48. The molecule has 2 aromatic rings. The molecule has 2 fully saturated rings. The second-order valence-electron chi connectivity index (χ2n) is 6.06. The Morgan fingerprint density at radius 1 is 1.27 bits per heavy atom. The highest BCUT2D eigenvalue weighted by atomic mass is 16.4. The van der Waals surface area contributed by atoms with E-state index in [1.165, 1.54) is 0 Å². The number of hydrogen-bond donors (Lipinski definition) is 2. The van der Waals surface area contributed by atoms with Gasteiger partial charge in [0, 0.05) is 17.9 Å². The first-order valence-corrected chi connectivity index (χ1v) is 7.24. The van der Waals surface area contributed by atoms with Crippen molar-refractivity contribution < 1.29 is 14.7 Å². The van der Waals surface area contributed by atoms with Crippen LogP contribution >= 0.6 is 0 Å². The van der Waals surface area contributed by atoms with Gasteiger partial charge in [0.25, 0.3) is 5.91 Å². The molecular weight excluding hydrogens is 282 g/mol. The van der Waals surface area contributed by atoms with Crippen molar-refractivity contribution in [3.05, 3.63) is 48.5 Å². The van der Waals surface area contributed by atoms with Gasteiger partial charge in [0.05, 0.1) is 5.41 Å². The van der Waals surface area contributed by atoms with Gasteiger partial charge in [0.1, 0.15) is 12.0 Å². The van der Waals surface area contributed by atoms with Crippen LogP contribution in [0.3, 0.4) is 0 Å². The minimum Gasteiger partial charge on any atom is -0.481 e. The third-order valence-electron chi connectivity index (χ3n) is 4.82. The number of aromatic nitrogens is 2. The molecule has 0 aliphatic heterocycles. The van der Waals surface area contributed by atoms with Crippen molar-refractivity contribution in [3.63, 3.8) is 0 Å². The van der Waals surface area contributed by atoms with Crippen LogP contribution < -0.4 is 5.32 Å². The second kappa shape index (κ2) is 4.43. The minimum absolute atomic E-state index is 0.0366. The van der Waals surface area contributed by atoms with Crippen molar-refractivity contribution in [2.75, 3.05) is 0 Å². The van der Waals surface area contributed by atoms with Crippen molar-refractivity contribution in [1.82, 2.24) is 14.9 Å². The van der Waals surface area contributed by atoms with E-state index in [1.54, 1.807) is 17.1 Å². The summed E-state index contributed by atoms with van der Waals surface area (Å²) in [6.07, 6.45) is 4.48. The number of rotatable bonds is 4. The number of aliphatic carboxylic acids is 1. The maximum atomic E-state index is 12.2. The third kappa shape index (κ3) is 1.83. The second-order valence-corrected chi connectivity index (χ2v) is 6.06. The number of fused-ring (bicyclic) bond motifs is 1. The minimum atomic E-state index is -0.739. The molecule has 6 nitrogen and oxygen atoms in total. The zero-order valence-corrected chi connectivity index (χ0v) is 11.8. The lowest BCUT2D eigenvalue weighted by atomic mass is 9.80. The van der Waals surface area contributed by atoms with Gasteiger partial charge in [0.2, 0.25) is 0 Å². The first kappa shape index (κ1) is 13.1. The van der Waals surface area contributed by atoms with Crippen LogP contribution in [-0.2, 0) is 4.79 Å². The Morgan fingerprint density at radius 3 is 2.68 bits per heavy atom. The third-order valence-corrected chi connectivity index (χ3v) is 4.82. The van der Waals surface area contributed by atoms with Gasteiger partial charge in [-0.25, -0.2) is 4.98 Å². The van der Waals surface area contributed by atoms with Gasteiger partial charge in [-0.1, -0.05) is 18.2 Å². The maximum absolute atomic E-state index is 12.2. The van der Waals surface area contributed by atoms with E-state index in [0.29, 0.717) is 18.5 Å². The molecule has 6 heteroatoms. The molecule has 3 atom stereocenters. The van der Waals surface area contributed by atoms with E-state index < -0.39 is 11.4 Å². The van der Waals surface area contributed by atoms with Gasteiger partial charge < -0.3 is 15.0 Å². The highest BCUT2D eigenvalue weighted by Crippen LogP contribution is 2.67. The number of carboxylic acids is 1. The van der Waals surface area contributed by atoms with E-state index in [9.17, 15) is 9.59 Å². The molecule has 0 radical (unpaired) electrons. The van der Waals surface area contributed by atoms with E-state index in [2.05, 4.69) is 10.3 Å². The quantitative estimate of drug-likeness (QED) is 0.895. The molecule has 1 amide bonds. The van der Waals surface area contributed by atoms with Crippen LogP contribution in [0, 0.1) is 11.3 Å². The topological polar surface area (TPSA) is 84.2 Å². The van der Waals surface area contributed by atoms with Crippen LogP contribution in [0.1, 0.15) is 23.3 Å². The summed E-state index contributed by atoms with van der Waals surface area (Å²) in [5.74, 6) is -0.896. The van der Waals surface area contributed by atoms with Crippen LogP contribution in [0.25, 0.3) is 5.69 Å². The smallest absolute Gasteiger partial charge is 0.310 e. The molecule has 22 heavy (non-hydrogen) atoms. The summed E-state index contributed by atoms with van der Waals surface area (Å²) >= 11 is 0. The standard InChI is InChI=1S/C16H15N3O3/c20-14(18-12-7-16(15(21)22)6-11(12)16)13-8-19(9-17-13)10-4-2-1-3-5-10/h1-5,8-9,11-12H,6-7H2,(H,18,20)(H,21,22)/t11-,12+,16-/m0/s1. The Morgan fingerprint density at radius 2 is 2.05 bits per heavy atom. The molecule has 0 bridgehead atoms. The number of carboxylic acid groups (broad SMARTS) is 1. The summed E-state index contributed by atoms with van der Waals surface area (Å²) in [7, 11) is 0. The van der Waals surface area contributed by atoms with Crippen LogP contribution in [0.5, 0.6) is 0 Å². The highest BCUT2D eigenvalue weighted by Gasteiger charge is 2.72. The van der Waals surface area contributed by atoms with E-state index in [0.717, 1.165) is 5.69 Å². The van der Waals surface area contributed by atoms with Gasteiger partial charge >= 0.3 is 5.97 Å². The Bertz CT molecular complexity index is 755. The average molecular weight is 297 g/mol. The molecular formula is C16H15N3O3. The molecule has 4 rings (SSSR count). The Hall–Kier alpha value is -2.63. The van der Waals surface area contributed by atoms with Gasteiger partial charge in [0.15, 0.2) is 0 Å². The largest absolute Gasteiger partial charge is 0.481 e. The Balaban J connectivity index is 1.43. The van der Waals surface area contributed by atoms with E-state index in [1.807, 2.05) is 30.3 Å². The van der Waals surface area contributed by atoms with Crippen molar-refractivity contribution in [2.45, 2.75) is 18.9 Å². The summed E-state index contributed by atoms with van der Waals surface area (Å²) in [5, 5.41) is 12.0. The predicted molar refractivity (Wildman–Crippen MR) is 77.6 cm³/mol. The van der Waals surface area contributed by atoms with Gasteiger partial charge in [-0.05, 0) is 30.9 Å². The summed E-state index contributed by atoms with van der Waals surface area (Å²) < 4.78 is 1.79. The number of hydrogen-bond acceptors (Lipinski definition) is 3. The molecule has 2 saturated carbocycles. The molecule has 1 aromatic heterocycles. The average Bonchev–Trinajstić information content (AvgIpc) is 2.90. The van der Waals surface area contributed by atoms with E-state index in [-0.39, 0.29) is 17.9 Å². The van der Waals surface area contributed by atoms with Crippen molar-refractivity contribution in [1.29, 1.82) is 0 Å². The van der Waals surface area contributed by atoms with Crippen LogP contribution in [0.4, 0.5) is 0 Å². The molecule has 2 aliphatic rings. The predicted octanol–water partition coefficient (Wildman–Crippen LogP) is 1.47. The SMILES string of the molecule is O=C(N[C@@H]1C[C@@]2(C(=O)O)C[C@@H]12)c1cn(-c2ccccc2)cn1. The number of para-hydroxylation sites is 1. The number of nitrogens with zero attached hydrogens (tertiary/aromatic N) is 2. The van der Waals surface area contributed by atoms with E-state index in [4.69, 9.17) is 5.11 Å². The molecule has 1 heterocycles. The fourth-order valence-corrected chi connectivity index (χ4v) is 3.38. The number of nitrogens with one attached hydrogen (secondary N) is 1. The fraction of sp³-hybridized carbons (Fsp3) is 0.312.